The van der Waals surface area contributed by atoms with Gasteiger partial charge in [-0.1, -0.05) is 15.9 Å². The molecule has 0 fully saturated rings. The number of carbonyl (C=O) groups is 1. The van der Waals surface area contributed by atoms with E-state index >= 15 is 0 Å². The van der Waals surface area contributed by atoms with Crippen LogP contribution >= 0.6 is 15.9 Å². The molecule has 9 nitrogen and oxygen atoms in total. The first-order valence-corrected chi connectivity index (χ1v) is 13.5. The minimum atomic E-state index is -3.79. The Kier molecular flexibility index (Phi) is 7.66. The van der Waals surface area contributed by atoms with Crippen LogP contribution in [0.15, 0.2) is 82.2 Å². The summed E-state index contributed by atoms with van der Waals surface area (Å²) >= 11 is 3.30. The van der Waals surface area contributed by atoms with Gasteiger partial charge in [0.1, 0.15) is 0 Å². The number of carbonyl (C=O) groups excluding carboxylic acids is 1. The molecule has 0 saturated heterocycles. The minimum Gasteiger partial charge on any atom is -0.322 e. The number of hydrogen-bond acceptors (Lipinski definition) is 5. The highest BCUT2D eigenvalue weighted by atomic mass is 79.9. The van der Waals surface area contributed by atoms with Crippen molar-refractivity contribution in [1.82, 2.24) is 4.31 Å². The molecule has 1 amide bonds. The minimum absolute atomic E-state index is 0.0444. The number of halogens is 1. The van der Waals surface area contributed by atoms with Crippen LogP contribution in [0.4, 0.5) is 17.1 Å². The van der Waals surface area contributed by atoms with E-state index in [0.29, 0.717) is 22.6 Å². The number of nitrogens with one attached hydrogen (secondary N) is 2. The Morgan fingerprint density at radius 2 is 1.29 bits per heavy atom. The maximum atomic E-state index is 12.6. The van der Waals surface area contributed by atoms with E-state index in [2.05, 4.69) is 26.0 Å². The third-order valence-corrected chi connectivity index (χ3v) is 8.57. The second-order valence-electron chi connectivity index (χ2n) is 7.40. The van der Waals surface area contributed by atoms with Gasteiger partial charge in [0, 0.05) is 42.6 Å². The molecule has 0 aliphatic heterocycles. The maximum Gasteiger partial charge on any atom is 0.303 e. The average molecular weight is 567 g/mol. The van der Waals surface area contributed by atoms with Gasteiger partial charge in [-0.3, -0.25) is 13.8 Å². The molecule has 34 heavy (non-hydrogen) atoms. The van der Waals surface area contributed by atoms with Crippen LogP contribution in [0, 0.1) is 0 Å². The Morgan fingerprint density at radius 3 is 1.82 bits per heavy atom. The number of rotatable bonds is 8. The molecule has 180 valence electrons. The van der Waals surface area contributed by atoms with Gasteiger partial charge in [0.15, 0.2) is 0 Å². The fourth-order valence-electron chi connectivity index (χ4n) is 2.85. The Labute approximate surface area is 207 Å². The Morgan fingerprint density at radius 1 is 0.765 bits per heavy atom. The van der Waals surface area contributed by atoms with Gasteiger partial charge in [-0.15, -0.1) is 0 Å². The van der Waals surface area contributed by atoms with Crippen molar-refractivity contribution in [2.75, 3.05) is 35.5 Å². The molecule has 0 radical (unpaired) electrons. The lowest BCUT2D eigenvalue weighted by atomic mass is 10.2. The van der Waals surface area contributed by atoms with Crippen molar-refractivity contribution in [2.24, 2.45) is 0 Å². The summed E-state index contributed by atoms with van der Waals surface area (Å²) in [6, 6.07) is 18.5. The fraction of sp³-hybridized carbons (Fsp3) is 0.136. The molecule has 0 bridgehead atoms. The normalized spacial score (nSPS) is 11.8. The molecule has 0 saturated carbocycles. The summed E-state index contributed by atoms with van der Waals surface area (Å²) in [5, 5.41) is 2.69. The third kappa shape index (κ3) is 5.95. The van der Waals surface area contributed by atoms with Crippen LogP contribution in [-0.4, -0.2) is 48.2 Å². The standard InChI is InChI=1S/C22H23BrN4O5S2/c1-26(2)34(31,32)27(3)20-12-4-16(5-13-20)22(28)24-18-10-14-21(15-11-18)33(29,30)25-19-8-6-17(23)7-9-19/h4-15,25H,1-3H3,(H,24,28). The summed E-state index contributed by atoms with van der Waals surface area (Å²) in [6.45, 7) is 0. The molecule has 0 aliphatic rings. The lowest BCUT2D eigenvalue weighted by Crippen LogP contribution is -2.37. The molecule has 3 aromatic carbocycles. The number of anilines is 3. The van der Waals surface area contributed by atoms with Gasteiger partial charge < -0.3 is 5.32 Å². The van der Waals surface area contributed by atoms with Crippen molar-refractivity contribution < 1.29 is 21.6 Å². The van der Waals surface area contributed by atoms with Gasteiger partial charge in [-0.25, -0.2) is 8.42 Å². The predicted octanol–water partition coefficient (Wildman–Crippen LogP) is 3.74. The second kappa shape index (κ2) is 10.1. The monoisotopic (exact) mass is 566 g/mol. The maximum absolute atomic E-state index is 12.6. The van der Waals surface area contributed by atoms with Crippen LogP contribution in [0.5, 0.6) is 0 Å². The van der Waals surface area contributed by atoms with E-state index in [9.17, 15) is 21.6 Å². The molecule has 3 rings (SSSR count). The zero-order valence-electron chi connectivity index (χ0n) is 18.6. The second-order valence-corrected chi connectivity index (χ2v) is 12.2. The molecule has 12 heteroatoms. The van der Waals surface area contributed by atoms with Crippen molar-refractivity contribution in [3.63, 3.8) is 0 Å². The SMILES string of the molecule is CN(C)S(=O)(=O)N(C)c1ccc(C(=O)Nc2ccc(S(=O)(=O)Nc3ccc(Br)cc3)cc2)cc1. The van der Waals surface area contributed by atoms with Crippen LogP contribution in [0.3, 0.4) is 0 Å². The molecule has 0 aromatic heterocycles. The van der Waals surface area contributed by atoms with E-state index in [4.69, 9.17) is 0 Å². The quantitative estimate of drug-likeness (QED) is 0.430. The van der Waals surface area contributed by atoms with Gasteiger partial charge in [-0.2, -0.15) is 12.7 Å². The Hall–Kier alpha value is -2.93. The summed E-state index contributed by atoms with van der Waals surface area (Å²) in [6.07, 6.45) is 0. The average Bonchev–Trinajstić information content (AvgIpc) is 2.80. The lowest BCUT2D eigenvalue weighted by Gasteiger charge is -2.23. The highest BCUT2D eigenvalue weighted by Gasteiger charge is 2.21. The number of amides is 1. The van der Waals surface area contributed by atoms with Crippen LogP contribution in [0.25, 0.3) is 0 Å². The van der Waals surface area contributed by atoms with E-state index in [-0.39, 0.29) is 4.90 Å². The molecule has 0 unspecified atom stereocenters. The Balaban J connectivity index is 1.68. The van der Waals surface area contributed by atoms with Gasteiger partial charge >= 0.3 is 10.2 Å². The highest BCUT2D eigenvalue weighted by Crippen LogP contribution is 2.22. The summed E-state index contributed by atoms with van der Waals surface area (Å²) in [5.74, 6) is -0.423. The van der Waals surface area contributed by atoms with Crippen molar-refractivity contribution >= 4 is 59.1 Å². The number of nitrogens with zero attached hydrogens (tertiary/aromatic N) is 2. The largest absolute Gasteiger partial charge is 0.322 e. The molecule has 0 aliphatic carbocycles. The molecule has 2 N–H and O–H groups in total. The first-order chi connectivity index (χ1) is 15.9. The van der Waals surface area contributed by atoms with E-state index < -0.39 is 26.1 Å². The zero-order chi connectivity index (χ0) is 25.1. The topological polar surface area (TPSA) is 116 Å². The molecule has 0 spiro atoms. The molecular formula is C22H23BrN4O5S2. The highest BCUT2D eigenvalue weighted by molar-refractivity contribution is 9.10. The third-order valence-electron chi connectivity index (χ3n) is 4.82. The van der Waals surface area contributed by atoms with Gasteiger partial charge in [0.2, 0.25) is 0 Å². The molecular weight excluding hydrogens is 544 g/mol. The van der Waals surface area contributed by atoms with Crippen LogP contribution in [0.2, 0.25) is 0 Å². The van der Waals surface area contributed by atoms with Crippen LogP contribution in [0.1, 0.15) is 10.4 Å². The van der Waals surface area contributed by atoms with Gasteiger partial charge in [0.05, 0.1) is 10.6 Å². The van der Waals surface area contributed by atoms with Crippen molar-refractivity contribution in [1.29, 1.82) is 0 Å². The summed E-state index contributed by atoms with van der Waals surface area (Å²) in [4.78, 5) is 12.6. The van der Waals surface area contributed by atoms with Crippen LogP contribution in [-0.2, 0) is 20.2 Å². The number of sulfonamides is 1. The summed E-state index contributed by atoms with van der Waals surface area (Å²) in [7, 11) is -3.14. The number of hydrogen-bond donors (Lipinski definition) is 2. The first-order valence-electron chi connectivity index (χ1n) is 9.86. The first kappa shape index (κ1) is 25.7. The van der Waals surface area contributed by atoms with Gasteiger partial charge in [-0.05, 0) is 72.8 Å². The van der Waals surface area contributed by atoms with E-state index in [1.165, 1.54) is 69.7 Å². The van der Waals surface area contributed by atoms with Crippen molar-refractivity contribution in [3.05, 3.63) is 82.8 Å². The fourth-order valence-corrected chi connectivity index (χ4v) is 5.05. The Bertz CT molecular complexity index is 1370. The van der Waals surface area contributed by atoms with Crippen molar-refractivity contribution in [2.45, 2.75) is 4.90 Å². The van der Waals surface area contributed by atoms with Crippen molar-refractivity contribution in [3.8, 4) is 0 Å². The van der Waals surface area contributed by atoms with E-state index in [1.54, 1.807) is 24.3 Å². The van der Waals surface area contributed by atoms with Gasteiger partial charge in [0.25, 0.3) is 15.9 Å². The summed E-state index contributed by atoms with van der Waals surface area (Å²) < 4.78 is 55.1. The molecule has 0 atom stereocenters. The predicted molar refractivity (Wildman–Crippen MR) is 137 cm³/mol. The smallest absolute Gasteiger partial charge is 0.303 e. The van der Waals surface area contributed by atoms with Crippen LogP contribution < -0.4 is 14.3 Å². The molecule has 3 aromatic rings. The summed E-state index contributed by atoms with van der Waals surface area (Å²) in [5.41, 5.74) is 1.54. The van der Waals surface area contributed by atoms with E-state index in [1.807, 2.05) is 0 Å². The number of benzene rings is 3. The molecule has 0 heterocycles. The van der Waals surface area contributed by atoms with E-state index in [0.717, 1.165) is 13.1 Å². The lowest BCUT2D eigenvalue weighted by molar-refractivity contribution is 0.102. The zero-order valence-corrected chi connectivity index (χ0v) is 21.8.